The summed E-state index contributed by atoms with van der Waals surface area (Å²) in [6, 6.07) is -0.105. The first kappa shape index (κ1) is 12.8. The van der Waals surface area contributed by atoms with Gasteiger partial charge in [-0.15, -0.1) is 0 Å². The van der Waals surface area contributed by atoms with Crippen LogP contribution in [0, 0.1) is 11.8 Å². The van der Waals surface area contributed by atoms with Gasteiger partial charge in [0.1, 0.15) is 6.04 Å². The van der Waals surface area contributed by atoms with E-state index in [2.05, 4.69) is 5.32 Å². The van der Waals surface area contributed by atoms with Crippen LogP contribution in [0.5, 0.6) is 0 Å². The van der Waals surface area contributed by atoms with Crippen molar-refractivity contribution in [2.24, 2.45) is 11.8 Å². The summed E-state index contributed by atoms with van der Waals surface area (Å²) in [6.45, 7) is 0.878. The quantitative estimate of drug-likeness (QED) is 0.707. The second-order valence-electron chi connectivity index (χ2n) is 5.42. The molecule has 2 aliphatic rings. The van der Waals surface area contributed by atoms with E-state index in [9.17, 15) is 9.90 Å². The van der Waals surface area contributed by atoms with E-state index >= 15 is 0 Å². The van der Waals surface area contributed by atoms with Crippen molar-refractivity contribution in [1.82, 2.24) is 5.32 Å². The molecule has 0 radical (unpaired) electrons. The summed E-state index contributed by atoms with van der Waals surface area (Å²) in [6.07, 6.45) is 6.09. The van der Waals surface area contributed by atoms with Crippen molar-refractivity contribution in [2.45, 2.75) is 50.7 Å². The Hall–Kier alpha value is -0.610. The normalized spacial score (nSPS) is 30.9. The molecule has 0 aromatic heterocycles. The maximum atomic E-state index is 11.6. The number of nitrogens with one attached hydrogen (secondary N) is 1. The van der Waals surface area contributed by atoms with Gasteiger partial charge in [0, 0.05) is 0 Å². The third kappa shape index (κ3) is 3.68. The van der Waals surface area contributed by atoms with Gasteiger partial charge in [-0.25, -0.2) is 0 Å². The van der Waals surface area contributed by atoms with Gasteiger partial charge in [-0.3, -0.25) is 4.79 Å². The van der Waals surface area contributed by atoms with Crippen LogP contribution in [0.3, 0.4) is 0 Å². The highest BCUT2D eigenvalue weighted by molar-refractivity contribution is 5.76. The topological polar surface area (TPSA) is 58.6 Å². The maximum Gasteiger partial charge on any atom is 0.323 e. The fraction of sp³-hybridized carbons (Fsp3) is 0.923. The zero-order valence-electron chi connectivity index (χ0n) is 10.5. The molecule has 0 spiro atoms. The van der Waals surface area contributed by atoms with Gasteiger partial charge in [0.15, 0.2) is 0 Å². The predicted octanol–water partition coefficient (Wildman–Crippen LogP) is 1.08. The monoisotopic (exact) mass is 241 g/mol. The Morgan fingerprint density at radius 1 is 1.29 bits per heavy atom. The van der Waals surface area contributed by atoms with Crippen molar-refractivity contribution in [3.05, 3.63) is 0 Å². The van der Waals surface area contributed by atoms with Gasteiger partial charge in [0.2, 0.25) is 0 Å². The lowest BCUT2D eigenvalue weighted by Crippen LogP contribution is -2.42. The lowest BCUT2D eigenvalue weighted by atomic mass is 9.87. The van der Waals surface area contributed by atoms with Gasteiger partial charge in [-0.2, -0.15) is 0 Å². The molecule has 2 fully saturated rings. The third-order valence-electron chi connectivity index (χ3n) is 3.99. The van der Waals surface area contributed by atoms with E-state index < -0.39 is 0 Å². The first-order chi connectivity index (χ1) is 8.20. The summed E-state index contributed by atoms with van der Waals surface area (Å²) >= 11 is 0. The summed E-state index contributed by atoms with van der Waals surface area (Å²) < 4.78 is 4.83. The highest BCUT2D eigenvalue weighted by Crippen LogP contribution is 2.33. The molecule has 1 atom stereocenters. The van der Waals surface area contributed by atoms with Crippen molar-refractivity contribution >= 4 is 5.97 Å². The van der Waals surface area contributed by atoms with Gasteiger partial charge < -0.3 is 15.2 Å². The fourth-order valence-corrected chi connectivity index (χ4v) is 2.64. The minimum atomic E-state index is -0.122. The van der Waals surface area contributed by atoms with Gasteiger partial charge in [-0.05, 0) is 56.9 Å². The van der Waals surface area contributed by atoms with E-state index in [-0.39, 0.29) is 18.1 Å². The second-order valence-corrected chi connectivity index (χ2v) is 5.42. The number of rotatable bonds is 5. The molecule has 0 aromatic carbocycles. The van der Waals surface area contributed by atoms with Crippen molar-refractivity contribution in [3.8, 4) is 0 Å². The average molecular weight is 241 g/mol. The molecule has 2 saturated carbocycles. The van der Waals surface area contributed by atoms with E-state index in [1.165, 1.54) is 7.11 Å². The van der Waals surface area contributed by atoms with E-state index in [0.717, 1.165) is 45.1 Å². The van der Waals surface area contributed by atoms with Crippen LogP contribution in [0.15, 0.2) is 0 Å². The average Bonchev–Trinajstić information content (AvgIpc) is 3.16. The van der Waals surface area contributed by atoms with Crippen LogP contribution in [0.1, 0.15) is 38.5 Å². The Morgan fingerprint density at radius 2 is 1.94 bits per heavy atom. The molecule has 2 aliphatic carbocycles. The summed E-state index contributed by atoms with van der Waals surface area (Å²) in [5, 5.41) is 12.8. The summed E-state index contributed by atoms with van der Waals surface area (Å²) in [4.78, 5) is 11.6. The first-order valence-corrected chi connectivity index (χ1v) is 6.70. The van der Waals surface area contributed by atoms with Crippen molar-refractivity contribution in [2.75, 3.05) is 13.7 Å². The first-order valence-electron chi connectivity index (χ1n) is 6.70. The molecule has 0 saturated heterocycles. The molecule has 4 heteroatoms. The van der Waals surface area contributed by atoms with Crippen molar-refractivity contribution in [1.29, 1.82) is 0 Å². The van der Waals surface area contributed by atoms with Crippen molar-refractivity contribution < 1.29 is 14.6 Å². The molecule has 0 heterocycles. The Labute approximate surface area is 103 Å². The number of aliphatic hydroxyl groups excluding tert-OH is 1. The molecule has 0 aromatic rings. The molecule has 0 amide bonds. The Morgan fingerprint density at radius 3 is 2.47 bits per heavy atom. The minimum Gasteiger partial charge on any atom is -0.468 e. The second kappa shape index (κ2) is 5.83. The Bertz CT molecular complexity index is 257. The van der Waals surface area contributed by atoms with Crippen LogP contribution in [0.4, 0.5) is 0 Å². The van der Waals surface area contributed by atoms with Crippen LogP contribution >= 0.6 is 0 Å². The summed E-state index contributed by atoms with van der Waals surface area (Å²) in [5.41, 5.74) is 0. The molecule has 1 unspecified atom stereocenters. The molecule has 4 nitrogen and oxygen atoms in total. The predicted molar refractivity (Wildman–Crippen MR) is 64.5 cm³/mol. The molecule has 98 valence electrons. The van der Waals surface area contributed by atoms with Gasteiger partial charge in [0.05, 0.1) is 13.2 Å². The number of ether oxygens (including phenoxy) is 1. The molecular weight excluding hydrogens is 218 g/mol. The lowest BCUT2D eigenvalue weighted by Gasteiger charge is -2.27. The summed E-state index contributed by atoms with van der Waals surface area (Å²) in [7, 11) is 1.45. The minimum absolute atomic E-state index is 0.105. The van der Waals surface area contributed by atoms with Crippen LogP contribution in [-0.4, -0.2) is 36.9 Å². The molecule has 2 rings (SSSR count). The molecule has 0 bridgehead atoms. The van der Waals surface area contributed by atoms with Crippen LogP contribution in [0.25, 0.3) is 0 Å². The maximum absolute atomic E-state index is 11.6. The van der Waals surface area contributed by atoms with Crippen LogP contribution < -0.4 is 5.32 Å². The number of hydrogen-bond donors (Lipinski definition) is 2. The number of hydrogen-bond acceptors (Lipinski definition) is 4. The van der Waals surface area contributed by atoms with Gasteiger partial charge in [0.25, 0.3) is 0 Å². The number of carbonyl (C=O) groups excluding carboxylic acids is 1. The van der Waals surface area contributed by atoms with Gasteiger partial charge in [-0.1, -0.05) is 0 Å². The lowest BCUT2D eigenvalue weighted by molar-refractivity contribution is -0.143. The van der Waals surface area contributed by atoms with E-state index in [1.54, 1.807) is 0 Å². The fourth-order valence-electron chi connectivity index (χ4n) is 2.64. The van der Waals surface area contributed by atoms with E-state index in [1.807, 2.05) is 0 Å². The molecular formula is C13H23NO3. The standard InChI is InChI=1S/C13H23NO3/c1-17-13(16)12(10-4-5-10)14-8-9-2-6-11(15)7-3-9/h9-12,14-15H,2-8H2,1H3. The number of aliphatic hydroxyl groups is 1. The molecule has 2 N–H and O–H groups in total. The number of carbonyl (C=O) groups is 1. The smallest absolute Gasteiger partial charge is 0.323 e. The SMILES string of the molecule is COC(=O)C(NCC1CCC(O)CC1)C1CC1. The van der Waals surface area contributed by atoms with Crippen LogP contribution in [0.2, 0.25) is 0 Å². The number of esters is 1. The largest absolute Gasteiger partial charge is 0.468 e. The zero-order valence-corrected chi connectivity index (χ0v) is 10.5. The molecule has 17 heavy (non-hydrogen) atoms. The van der Waals surface area contributed by atoms with E-state index in [0.29, 0.717) is 11.8 Å². The van der Waals surface area contributed by atoms with E-state index in [4.69, 9.17) is 4.74 Å². The number of methoxy groups -OCH3 is 1. The zero-order chi connectivity index (χ0) is 12.3. The molecule has 0 aliphatic heterocycles. The third-order valence-corrected chi connectivity index (χ3v) is 3.99. The van der Waals surface area contributed by atoms with Gasteiger partial charge >= 0.3 is 5.97 Å². The van der Waals surface area contributed by atoms with Crippen LogP contribution in [-0.2, 0) is 9.53 Å². The Kier molecular flexibility index (Phi) is 4.40. The van der Waals surface area contributed by atoms with Crippen molar-refractivity contribution in [3.63, 3.8) is 0 Å². The highest BCUT2D eigenvalue weighted by atomic mass is 16.5. The highest BCUT2D eigenvalue weighted by Gasteiger charge is 2.37. The Balaban J connectivity index is 1.73. The summed E-state index contributed by atoms with van der Waals surface area (Å²) in [5.74, 6) is 0.962.